The lowest BCUT2D eigenvalue weighted by Crippen LogP contribution is -2.34. The Morgan fingerprint density at radius 3 is 2.07 bits per heavy atom. The van der Waals surface area contributed by atoms with Crippen molar-refractivity contribution in [2.75, 3.05) is 0 Å². The predicted octanol–water partition coefficient (Wildman–Crippen LogP) is 4.70. The summed E-state index contributed by atoms with van der Waals surface area (Å²) in [5.74, 6) is -2.52. The van der Waals surface area contributed by atoms with Gasteiger partial charge in [0.25, 0.3) is 5.91 Å². The van der Waals surface area contributed by atoms with Gasteiger partial charge in [-0.1, -0.05) is 54.6 Å². The molecule has 0 radical (unpaired) electrons. The number of carbonyl (C=O) groups is 2. The number of rotatable bonds is 7. The highest BCUT2D eigenvalue weighted by atomic mass is 19.2. The topological polar surface area (TPSA) is 58.2 Å². The molecule has 6 heteroatoms. The summed E-state index contributed by atoms with van der Waals surface area (Å²) in [4.78, 5) is 25.3. The lowest BCUT2D eigenvalue weighted by Gasteiger charge is -2.21. The first-order valence-corrected chi connectivity index (χ1v) is 9.59. The summed E-state index contributed by atoms with van der Waals surface area (Å²) in [6, 6.07) is 20.4. The molecule has 0 aromatic heterocycles. The van der Waals surface area contributed by atoms with Crippen LogP contribution >= 0.6 is 0 Å². The molecule has 4 nitrogen and oxygen atoms in total. The van der Waals surface area contributed by atoms with Crippen molar-refractivity contribution in [3.8, 4) is 0 Å². The molecule has 0 aliphatic heterocycles. The van der Waals surface area contributed by atoms with Gasteiger partial charge in [-0.2, -0.15) is 0 Å². The fraction of sp³-hybridized carbons (Fsp3) is 0.167. The van der Waals surface area contributed by atoms with Crippen LogP contribution in [0, 0.1) is 11.6 Å². The van der Waals surface area contributed by atoms with Gasteiger partial charge in [0.05, 0.1) is 18.5 Å². The number of carbonyl (C=O) groups excluding carboxylic acids is 2. The third-order valence-electron chi connectivity index (χ3n) is 4.75. The Balaban J connectivity index is 1.71. The van der Waals surface area contributed by atoms with Crippen LogP contribution in [-0.2, 0) is 4.79 Å². The maximum atomic E-state index is 13.5. The van der Waals surface area contributed by atoms with Gasteiger partial charge in [-0.3, -0.25) is 9.59 Å². The molecule has 0 aliphatic rings. The molecular weight excluding hydrogens is 386 g/mol. The van der Waals surface area contributed by atoms with Gasteiger partial charge < -0.3 is 10.6 Å². The Morgan fingerprint density at radius 2 is 1.43 bits per heavy atom. The molecular formula is C24H22F2N2O2. The molecule has 3 aromatic rings. The van der Waals surface area contributed by atoms with E-state index < -0.39 is 23.7 Å². The van der Waals surface area contributed by atoms with E-state index in [0.29, 0.717) is 11.1 Å². The van der Waals surface area contributed by atoms with Crippen molar-refractivity contribution < 1.29 is 18.4 Å². The molecule has 0 bridgehead atoms. The van der Waals surface area contributed by atoms with Gasteiger partial charge in [0.1, 0.15) is 0 Å². The van der Waals surface area contributed by atoms with Crippen molar-refractivity contribution in [1.29, 1.82) is 0 Å². The maximum Gasteiger partial charge on any atom is 0.251 e. The molecule has 0 spiro atoms. The van der Waals surface area contributed by atoms with Crippen LogP contribution in [0.2, 0.25) is 0 Å². The molecule has 0 saturated carbocycles. The number of benzene rings is 3. The van der Waals surface area contributed by atoms with E-state index in [-0.39, 0.29) is 18.2 Å². The SMILES string of the molecule is CC(NC(=O)CC(NC(=O)c1ccccc1)c1ccccc1)c1ccc(F)c(F)c1. The number of amides is 2. The minimum absolute atomic E-state index is 0.00337. The minimum atomic E-state index is -0.967. The number of hydrogen-bond donors (Lipinski definition) is 2. The van der Waals surface area contributed by atoms with Crippen molar-refractivity contribution in [3.63, 3.8) is 0 Å². The number of hydrogen-bond acceptors (Lipinski definition) is 2. The molecule has 154 valence electrons. The number of nitrogens with one attached hydrogen (secondary N) is 2. The summed E-state index contributed by atoms with van der Waals surface area (Å²) >= 11 is 0. The summed E-state index contributed by atoms with van der Waals surface area (Å²) in [7, 11) is 0. The standard InChI is InChI=1S/C24H22F2N2O2/c1-16(19-12-13-20(25)21(26)14-19)27-23(29)15-22(17-8-4-2-5-9-17)28-24(30)18-10-6-3-7-11-18/h2-14,16,22H,15H2,1H3,(H,27,29)(H,28,30). The fourth-order valence-electron chi connectivity index (χ4n) is 3.12. The van der Waals surface area contributed by atoms with Crippen LogP contribution in [0.25, 0.3) is 0 Å². The average molecular weight is 408 g/mol. The molecule has 0 saturated heterocycles. The second-order valence-electron chi connectivity index (χ2n) is 6.97. The molecule has 0 aliphatic carbocycles. The molecule has 0 heterocycles. The summed E-state index contributed by atoms with van der Waals surface area (Å²) in [6.45, 7) is 1.69. The van der Waals surface area contributed by atoms with Crippen LogP contribution in [0.15, 0.2) is 78.9 Å². The quantitative estimate of drug-likeness (QED) is 0.595. The Kier molecular flexibility index (Phi) is 6.91. The van der Waals surface area contributed by atoms with Crippen molar-refractivity contribution in [1.82, 2.24) is 10.6 Å². The Bertz CT molecular complexity index is 1010. The zero-order valence-corrected chi connectivity index (χ0v) is 16.4. The summed E-state index contributed by atoms with van der Waals surface area (Å²) in [5, 5.41) is 5.68. The van der Waals surface area contributed by atoms with Gasteiger partial charge in [0.2, 0.25) is 5.91 Å². The van der Waals surface area contributed by atoms with E-state index in [9.17, 15) is 18.4 Å². The fourth-order valence-corrected chi connectivity index (χ4v) is 3.12. The van der Waals surface area contributed by atoms with Crippen molar-refractivity contribution >= 4 is 11.8 Å². The summed E-state index contributed by atoms with van der Waals surface area (Å²) in [6.07, 6.45) is -0.00337. The van der Waals surface area contributed by atoms with E-state index in [1.165, 1.54) is 6.07 Å². The zero-order chi connectivity index (χ0) is 21.5. The van der Waals surface area contributed by atoms with E-state index in [4.69, 9.17) is 0 Å². The highest BCUT2D eigenvalue weighted by Crippen LogP contribution is 2.20. The van der Waals surface area contributed by atoms with Crippen LogP contribution < -0.4 is 10.6 Å². The normalized spacial score (nSPS) is 12.6. The Hall–Kier alpha value is -3.54. The van der Waals surface area contributed by atoms with Gasteiger partial charge in [-0.25, -0.2) is 8.78 Å². The van der Waals surface area contributed by atoms with Crippen LogP contribution in [-0.4, -0.2) is 11.8 Å². The molecule has 2 unspecified atom stereocenters. The van der Waals surface area contributed by atoms with Crippen molar-refractivity contribution in [2.45, 2.75) is 25.4 Å². The molecule has 2 atom stereocenters. The Morgan fingerprint density at radius 1 is 0.800 bits per heavy atom. The molecule has 3 rings (SSSR count). The van der Waals surface area contributed by atoms with E-state index in [1.807, 2.05) is 36.4 Å². The van der Waals surface area contributed by atoms with Crippen LogP contribution in [0.1, 0.15) is 46.9 Å². The first-order valence-electron chi connectivity index (χ1n) is 9.59. The highest BCUT2D eigenvalue weighted by Gasteiger charge is 2.21. The van der Waals surface area contributed by atoms with E-state index in [1.54, 1.807) is 31.2 Å². The lowest BCUT2D eigenvalue weighted by atomic mass is 10.0. The van der Waals surface area contributed by atoms with Gasteiger partial charge in [0, 0.05) is 5.56 Å². The smallest absolute Gasteiger partial charge is 0.251 e. The predicted molar refractivity (Wildman–Crippen MR) is 111 cm³/mol. The van der Waals surface area contributed by atoms with Gasteiger partial charge >= 0.3 is 0 Å². The van der Waals surface area contributed by atoms with Crippen molar-refractivity contribution in [3.05, 3.63) is 107 Å². The highest BCUT2D eigenvalue weighted by molar-refractivity contribution is 5.94. The third-order valence-corrected chi connectivity index (χ3v) is 4.75. The lowest BCUT2D eigenvalue weighted by molar-refractivity contribution is -0.122. The second kappa shape index (κ2) is 9.78. The zero-order valence-electron chi connectivity index (χ0n) is 16.4. The maximum absolute atomic E-state index is 13.5. The van der Waals surface area contributed by atoms with E-state index in [2.05, 4.69) is 10.6 Å². The molecule has 0 fully saturated rings. The first kappa shape index (κ1) is 21.2. The molecule has 30 heavy (non-hydrogen) atoms. The van der Waals surface area contributed by atoms with Gasteiger partial charge in [-0.15, -0.1) is 0 Å². The Labute approximate surface area is 173 Å². The van der Waals surface area contributed by atoms with Gasteiger partial charge in [-0.05, 0) is 42.3 Å². The molecule has 2 amide bonds. The largest absolute Gasteiger partial charge is 0.350 e. The molecule has 3 aromatic carbocycles. The third kappa shape index (κ3) is 5.50. The first-order chi connectivity index (χ1) is 14.4. The number of halogens is 2. The second-order valence-corrected chi connectivity index (χ2v) is 6.97. The van der Waals surface area contributed by atoms with Crippen LogP contribution in [0.4, 0.5) is 8.78 Å². The van der Waals surface area contributed by atoms with E-state index >= 15 is 0 Å². The van der Waals surface area contributed by atoms with Crippen LogP contribution in [0.3, 0.4) is 0 Å². The average Bonchev–Trinajstić information content (AvgIpc) is 2.76. The minimum Gasteiger partial charge on any atom is -0.350 e. The monoisotopic (exact) mass is 408 g/mol. The van der Waals surface area contributed by atoms with E-state index in [0.717, 1.165) is 17.7 Å². The summed E-state index contributed by atoms with van der Waals surface area (Å²) < 4.78 is 26.6. The summed E-state index contributed by atoms with van der Waals surface area (Å²) in [5.41, 5.74) is 1.73. The molecule has 2 N–H and O–H groups in total. The van der Waals surface area contributed by atoms with Crippen molar-refractivity contribution in [2.24, 2.45) is 0 Å². The van der Waals surface area contributed by atoms with Crippen LogP contribution in [0.5, 0.6) is 0 Å². The van der Waals surface area contributed by atoms with Gasteiger partial charge in [0.15, 0.2) is 11.6 Å².